The Morgan fingerprint density at radius 3 is 2.44 bits per heavy atom. The van der Waals surface area contributed by atoms with Gasteiger partial charge in [0.05, 0.1) is 12.2 Å². The van der Waals surface area contributed by atoms with Crippen molar-refractivity contribution in [3.8, 4) is 11.4 Å². The summed E-state index contributed by atoms with van der Waals surface area (Å²) in [7, 11) is 1.53. The number of benzene rings is 2. The molecule has 0 aliphatic heterocycles. The summed E-state index contributed by atoms with van der Waals surface area (Å²) in [6.07, 6.45) is 0.588. The van der Waals surface area contributed by atoms with Gasteiger partial charge >= 0.3 is 5.82 Å². The van der Waals surface area contributed by atoms with E-state index in [-0.39, 0.29) is 12.0 Å². The molecular weight excluding hydrogens is 350 g/mol. The lowest BCUT2D eigenvalue weighted by molar-refractivity contribution is -0.391. The maximum atomic E-state index is 11.3. The fourth-order valence-electron chi connectivity index (χ4n) is 2.54. The normalized spacial score (nSPS) is 11.6. The SMILES string of the molecule is COc1ccc(-n2nc([N+](=O)[O-])c(=NCCc3ccc(C)cc3)n2O)cc1. The van der Waals surface area contributed by atoms with E-state index in [1.165, 1.54) is 7.11 Å². The lowest BCUT2D eigenvalue weighted by Crippen LogP contribution is -2.23. The first-order valence-corrected chi connectivity index (χ1v) is 8.26. The molecule has 1 aromatic heterocycles. The molecule has 0 amide bonds. The summed E-state index contributed by atoms with van der Waals surface area (Å²) >= 11 is 0. The predicted octanol–water partition coefficient (Wildman–Crippen LogP) is 2.28. The van der Waals surface area contributed by atoms with Gasteiger partial charge in [-0.05, 0) is 52.9 Å². The van der Waals surface area contributed by atoms with Gasteiger partial charge in [0.25, 0.3) is 5.49 Å². The molecule has 140 valence electrons. The van der Waals surface area contributed by atoms with Crippen LogP contribution in [-0.2, 0) is 6.42 Å². The van der Waals surface area contributed by atoms with Crippen molar-refractivity contribution in [2.45, 2.75) is 13.3 Å². The fraction of sp³-hybridized carbons (Fsp3) is 0.222. The van der Waals surface area contributed by atoms with Crippen LogP contribution in [0.3, 0.4) is 0 Å². The van der Waals surface area contributed by atoms with Crippen molar-refractivity contribution in [2.75, 3.05) is 13.7 Å². The highest BCUT2D eigenvalue weighted by atomic mass is 16.6. The standard InChI is InChI=1S/C18H19N5O4/c1-13-3-5-14(6-4-13)11-12-19-17-18(23(25)26)20-21(22(17)24)15-7-9-16(27-2)10-8-15/h3-10,24H,11-12H2,1-2H3. The Morgan fingerprint density at radius 2 is 1.85 bits per heavy atom. The third kappa shape index (κ3) is 3.97. The molecule has 3 rings (SSSR count). The van der Waals surface area contributed by atoms with E-state index in [4.69, 9.17) is 4.74 Å². The van der Waals surface area contributed by atoms with Crippen molar-refractivity contribution in [3.63, 3.8) is 0 Å². The molecule has 0 atom stereocenters. The van der Waals surface area contributed by atoms with Crippen LogP contribution in [0.4, 0.5) is 5.82 Å². The average molecular weight is 369 g/mol. The highest BCUT2D eigenvalue weighted by Gasteiger charge is 2.23. The Morgan fingerprint density at radius 1 is 1.19 bits per heavy atom. The van der Waals surface area contributed by atoms with Crippen LogP contribution in [0, 0.1) is 17.0 Å². The van der Waals surface area contributed by atoms with E-state index in [0.29, 0.717) is 22.7 Å². The maximum absolute atomic E-state index is 11.3. The molecule has 0 saturated heterocycles. The number of methoxy groups -OCH3 is 1. The smallest absolute Gasteiger partial charge is 0.438 e. The van der Waals surface area contributed by atoms with Gasteiger partial charge in [-0.2, -0.15) is 0 Å². The van der Waals surface area contributed by atoms with Crippen LogP contribution in [0.25, 0.3) is 5.69 Å². The lowest BCUT2D eigenvalue weighted by atomic mass is 10.1. The predicted molar refractivity (Wildman–Crippen MR) is 97.3 cm³/mol. The molecule has 0 spiro atoms. The molecule has 27 heavy (non-hydrogen) atoms. The van der Waals surface area contributed by atoms with E-state index in [9.17, 15) is 15.3 Å². The number of hydrogen-bond acceptors (Lipinski definition) is 6. The molecule has 0 aliphatic rings. The maximum Gasteiger partial charge on any atom is 0.438 e. The Bertz CT molecular complexity index is 1000. The molecule has 0 fully saturated rings. The number of aromatic nitrogens is 3. The third-order valence-electron chi connectivity index (χ3n) is 4.02. The van der Waals surface area contributed by atoms with Crippen molar-refractivity contribution in [3.05, 3.63) is 75.3 Å². The summed E-state index contributed by atoms with van der Waals surface area (Å²) < 4.78 is 5.08. The lowest BCUT2D eigenvalue weighted by Gasteiger charge is -2.02. The molecule has 1 N–H and O–H groups in total. The number of nitrogens with zero attached hydrogens (tertiary/aromatic N) is 5. The molecule has 0 unspecified atom stereocenters. The van der Waals surface area contributed by atoms with Crippen molar-refractivity contribution < 1.29 is 14.9 Å². The minimum atomic E-state index is -0.669. The van der Waals surface area contributed by atoms with E-state index in [0.717, 1.165) is 15.9 Å². The summed E-state index contributed by atoms with van der Waals surface area (Å²) in [6, 6.07) is 14.5. The zero-order valence-corrected chi connectivity index (χ0v) is 14.9. The van der Waals surface area contributed by atoms with E-state index in [1.54, 1.807) is 24.3 Å². The van der Waals surface area contributed by atoms with Crippen LogP contribution in [-0.4, -0.2) is 38.5 Å². The van der Waals surface area contributed by atoms with Gasteiger partial charge in [0.1, 0.15) is 11.4 Å². The largest absolute Gasteiger partial charge is 0.497 e. The van der Waals surface area contributed by atoms with Crippen molar-refractivity contribution >= 4 is 5.82 Å². The van der Waals surface area contributed by atoms with Crippen LogP contribution in [0.1, 0.15) is 11.1 Å². The summed E-state index contributed by atoms with van der Waals surface area (Å²) in [5.74, 6) is 0.102. The van der Waals surface area contributed by atoms with E-state index < -0.39 is 10.7 Å². The summed E-state index contributed by atoms with van der Waals surface area (Å²) in [5, 5.41) is 25.5. The fourth-order valence-corrected chi connectivity index (χ4v) is 2.54. The van der Waals surface area contributed by atoms with Gasteiger partial charge in [-0.15, -0.1) is 0 Å². The highest BCUT2D eigenvalue weighted by molar-refractivity contribution is 5.36. The summed E-state index contributed by atoms with van der Waals surface area (Å²) in [4.78, 5) is 16.4. The monoisotopic (exact) mass is 369 g/mol. The zero-order chi connectivity index (χ0) is 19.4. The van der Waals surface area contributed by atoms with Crippen LogP contribution in [0.5, 0.6) is 5.75 Å². The topological polar surface area (TPSA) is 108 Å². The van der Waals surface area contributed by atoms with Crippen molar-refractivity contribution in [1.82, 2.24) is 14.7 Å². The Balaban J connectivity index is 1.92. The average Bonchev–Trinajstić information content (AvgIpc) is 3.00. The molecule has 1 heterocycles. The third-order valence-corrected chi connectivity index (χ3v) is 4.02. The Labute approximate surface area is 154 Å². The quantitative estimate of drug-likeness (QED) is 0.407. The number of aryl methyl sites for hydroxylation is 1. The molecular formula is C18H19N5O4. The summed E-state index contributed by atoms with van der Waals surface area (Å²) in [6.45, 7) is 2.28. The number of hydrogen-bond donors (Lipinski definition) is 1. The summed E-state index contributed by atoms with van der Waals surface area (Å²) in [5.41, 5.74) is 2.43. The van der Waals surface area contributed by atoms with Gasteiger partial charge in [-0.25, -0.2) is 0 Å². The first-order valence-electron chi connectivity index (χ1n) is 8.26. The van der Waals surface area contributed by atoms with Gasteiger partial charge in [0, 0.05) is 6.54 Å². The van der Waals surface area contributed by atoms with Crippen molar-refractivity contribution in [1.29, 1.82) is 0 Å². The Kier molecular flexibility index (Phi) is 5.20. The van der Waals surface area contributed by atoms with Crippen LogP contribution in [0.15, 0.2) is 53.5 Å². The second-order valence-electron chi connectivity index (χ2n) is 5.90. The van der Waals surface area contributed by atoms with Gasteiger partial charge < -0.3 is 20.1 Å². The van der Waals surface area contributed by atoms with E-state index in [2.05, 4.69) is 10.1 Å². The van der Waals surface area contributed by atoms with E-state index in [1.807, 2.05) is 31.2 Å². The minimum Gasteiger partial charge on any atom is -0.497 e. The molecule has 2 aromatic carbocycles. The minimum absolute atomic E-state index is 0.206. The highest BCUT2D eigenvalue weighted by Crippen LogP contribution is 2.14. The Hall–Kier alpha value is -3.62. The molecule has 3 aromatic rings. The van der Waals surface area contributed by atoms with Crippen LogP contribution in [0.2, 0.25) is 0 Å². The van der Waals surface area contributed by atoms with Gasteiger partial charge in [-0.1, -0.05) is 34.7 Å². The van der Waals surface area contributed by atoms with Crippen LogP contribution < -0.4 is 10.2 Å². The second-order valence-corrected chi connectivity index (χ2v) is 5.90. The first kappa shape index (κ1) is 18.2. The molecule has 0 aliphatic carbocycles. The zero-order valence-electron chi connectivity index (χ0n) is 14.9. The van der Waals surface area contributed by atoms with Crippen molar-refractivity contribution in [2.24, 2.45) is 4.99 Å². The molecule has 9 heteroatoms. The van der Waals surface area contributed by atoms with E-state index >= 15 is 0 Å². The van der Waals surface area contributed by atoms with Gasteiger partial charge in [0.2, 0.25) is 0 Å². The van der Waals surface area contributed by atoms with Gasteiger partial charge in [-0.3, -0.25) is 4.99 Å². The second kappa shape index (κ2) is 7.73. The van der Waals surface area contributed by atoms with Crippen LogP contribution >= 0.6 is 0 Å². The van der Waals surface area contributed by atoms with Gasteiger partial charge in [0.15, 0.2) is 0 Å². The molecule has 0 radical (unpaired) electrons. The number of nitro groups is 1. The first-order chi connectivity index (χ1) is 13.0. The number of rotatable bonds is 6. The number of ether oxygens (including phenoxy) is 1. The molecule has 0 bridgehead atoms. The molecule has 9 nitrogen and oxygen atoms in total. The molecule has 0 saturated carbocycles.